The number of halogens is 3. The summed E-state index contributed by atoms with van der Waals surface area (Å²) in [7, 11) is 0. The Labute approximate surface area is 126 Å². The lowest BCUT2D eigenvalue weighted by Gasteiger charge is -2.20. The fourth-order valence-corrected chi connectivity index (χ4v) is 2.90. The SMILES string of the molecule is C[C@H](CC(F)(F)F)C(=O)[C@@H]1C(=O)NCC1Cc1ccccc1. The molecule has 0 spiro atoms. The highest BCUT2D eigenvalue weighted by molar-refractivity contribution is 6.04. The van der Waals surface area contributed by atoms with Gasteiger partial charge in [-0.1, -0.05) is 37.3 Å². The zero-order chi connectivity index (χ0) is 16.3. The summed E-state index contributed by atoms with van der Waals surface area (Å²) < 4.78 is 37.3. The first kappa shape index (κ1) is 16.5. The Morgan fingerprint density at radius 2 is 1.95 bits per heavy atom. The second-order valence-electron chi connectivity index (χ2n) is 5.80. The van der Waals surface area contributed by atoms with E-state index in [1.165, 1.54) is 6.92 Å². The fraction of sp³-hybridized carbons (Fsp3) is 0.500. The van der Waals surface area contributed by atoms with Crippen molar-refractivity contribution in [1.29, 1.82) is 0 Å². The Bertz CT molecular complexity index is 542. The van der Waals surface area contributed by atoms with Crippen LogP contribution in [0.2, 0.25) is 0 Å². The number of benzene rings is 1. The van der Waals surface area contributed by atoms with Crippen molar-refractivity contribution >= 4 is 11.7 Å². The van der Waals surface area contributed by atoms with E-state index in [0.717, 1.165) is 5.56 Å². The Kier molecular flexibility index (Phi) is 4.88. The van der Waals surface area contributed by atoms with E-state index in [0.29, 0.717) is 13.0 Å². The summed E-state index contributed by atoms with van der Waals surface area (Å²) in [4.78, 5) is 24.1. The number of nitrogens with one attached hydrogen (secondary N) is 1. The number of rotatable bonds is 5. The molecule has 1 amide bonds. The second-order valence-corrected chi connectivity index (χ2v) is 5.80. The van der Waals surface area contributed by atoms with Crippen LogP contribution in [0.4, 0.5) is 13.2 Å². The van der Waals surface area contributed by atoms with Crippen molar-refractivity contribution in [2.75, 3.05) is 6.54 Å². The van der Waals surface area contributed by atoms with E-state index in [-0.39, 0.29) is 5.92 Å². The van der Waals surface area contributed by atoms with Crippen LogP contribution in [0, 0.1) is 17.8 Å². The van der Waals surface area contributed by atoms with Crippen LogP contribution in [-0.2, 0) is 16.0 Å². The van der Waals surface area contributed by atoms with E-state index in [9.17, 15) is 22.8 Å². The van der Waals surface area contributed by atoms with Crippen molar-refractivity contribution in [1.82, 2.24) is 5.32 Å². The van der Waals surface area contributed by atoms with Crippen LogP contribution in [0.1, 0.15) is 18.9 Å². The second kappa shape index (κ2) is 6.50. The first-order valence-corrected chi connectivity index (χ1v) is 7.20. The lowest BCUT2D eigenvalue weighted by atomic mass is 9.81. The molecule has 2 rings (SSSR count). The van der Waals surface area contributed by atoms with Crippen LogP contribution in [0.25, 0.3) is 0 Å². The van der Waals surface area contributed by atoms with Crippen LogP contribution in [-0.4, -0.2) is 24.4 Å². The summed E-state index contributed by atoms with van der Waals surface area (Å²) in [5.74, 6) is -3.56. The van der Waals surface area contributed by atoms with Crippen molar-refractivity contribution in [3.05, 3.63) is 35.9 Å². The zero-order valence-electron chi connectivity index (χ0n) is 12.2. The molecule has 1 unspecified atom stereocenters. The van der Waals surface area contributed by atoms with Gasteiger partial charge in [0.25, 0.3) is 0 Å². The molecule has 120 valence electrons. The summed E-state index contributed by atoms with van der Waals surface area (Å²) in [6.07, 6.45) is -5.10. The number of carbonyl (C=O) groups is 2. The summed E-state index contributed by atoms with van der Waals surface area (Å²) in [5, 5.41) is 2.60. The van der Waals surface area contributed by atoms with Gasteiger partial charge in [-0.15, -0.1) is 0 Å². The minimum Gasteiger partial charge on any atom is -0.355 e. The van der Waals surface area contributed by atoms with Gasteiger partial charge in [0.2, 0.25) is 5.91 Å². The maximum absolute atomic E-state index is 12.4. The Morgan fingerprint density at radius 3 is 2.55 bits per heavy atom. The number of ketones is 1. The molecule has 22 heavy (non-hydrogen) atoms. The molecule has 1 N–H and O–H groups in total. The molecule has 1 heterocycles. The molecule has 0 aromatic heterocycles. The van der Waals surface area contributed by atoms with Crippen molar-refractivity contribution in [3.63, 3.8) is 0 Å². The van der Waals surface area contributed by atoms with Gasteiger partial charge in [-0.3, -0.25) is 9.59 Å². The van der Waals surface area contributed by atoms with E-state index in [1.807, 2.05) is 30.3 Å². The standard InChI is InChI=1S/C16H18F3NO2/c1-10(8-16(17,18)19)14(21)13-12(9-20-15(13)22)7-11-5-3-2-4-6-11/h2-6,10,12-13H,7-9H2,1H3,(H,20,22)/t10-,12?,13-/m1/s1. The van der Waals surface area contributed by atoms with Gasteiger partial charge in [0, 0.05) is 12.5 Å². The topological polar surface area (TPSA) is 46.2 Å². The zero-order valence-corrected chi connectivity index (χ0v) is 12.2. The van der Waals surface area contributed by atoms with Crippen molar-refractivity contribution in [2.24, 2.45) is 17.8 Å². The van der Waals surface area contributed by atoms with E-state index >= 15 is 0 Å². The average Bonchev–Trinajstić information content (AvgIpc) is 2.78. The van der Waals surface area contributed by atoms with E-state index in [1.54, 1.807) is 0 Å². The molecule has 0 bridgehead atoms. The number of alkyl halides is 3. The van der Waals surface area contributed by atoms with Gasteiger partial charge in [0.05, 0.1) is 6.42 Å². The number of carbonyl (C=O) groups excluding carboxylic acids is 2. The van der Waals surface area contributed by atoms with Crippen molar-refractivity contribution < 1.29 is 22.8 Å². The molecule has 1 aliphatic heterocycles. The third-order valence-electron chi connectivity index (χ3n) is 3.96. The number of amides is 1. The van der Waals surface area contributed by atoms with Gasteiger partial charge in [-0.2, -0.15) is 13.2 Å². The number of hydrogen-bond acceptors (Lipinski definition) is 2. The van der Waals surface area contributed by atoms with Crippen molar-refractivity contribution in [3.8, 4) is 0 Å². The summed E-state index contributed by atoms with van der Waals surface area (Å²) in [6.45, 7) is 1.56. The minimum absolute atomic E-state index is 0.293. The molecule has 1 aromatic rings. The molecule has 0 aliphatic carbocycles. The Morgan fingerprint density at radius 1 is 1.32 bits per heavy atom. The highest BCUT2D eigenvalue weighted by atomic mass is 19.4. The predicted molar refractivity (Wildman–Crippen MR) is 75.0 cm³/mol. The molecular weight excluding hydrogens is 295 g/mol. The third-order valence-corrected chi connectivity index (χ3v) is 3.96. The van der Waals surface area contributed by atoms with E-state index in [4.69, 9.17) is 0 Å². The van der Waals surface area contributed by atoms with E-state index in [2.05, 4.69) is 5.32 Å². The molecule has 1 fully saturated rings. The molecule has 6 heteroatoms. The number of hydrogen-bond donors (Lipinski definition) is 1. The molecule has 1 saturated heterocycles. The maximum Gasteiger partial charge on any atom is 0.389 e. The molecule has 0 saturated carbocycles. The van der Waals surface area contributed by atoms with Gasteiger partial charge in [0.1, 0.15) is 11.7 Å². The first-order valence-electron chi connectivity index (χ1n) is 7.20. The van der Waals surface area contributed by atoms with Gasteiger partial charge >= 0.3 is 6.18 Å². The van der Waals surface area contributed by atoms with Gasteiger partial charge in [-0.05, 0) is 17.9 Å². The van der Waals surface area contributed by atoms with Crippen LogP contribution in [0.5, 0.6) is 0 Å². The largest absolute Gasteiger partial charge is 0.389 e. The smallest absolute Gasteiger partial charge is 0.355 e. The molecular formula is C16H18F3NO2. The molecule has 0 radical (unpaired) electrons. The minimum atomic E-state index is -4.40. The molecule has 1 aliphatic rings. The van der Waals surface area contributed by atoms with Crippen LogP contribution < -0.4 is 5.32 Å². The van der Waals surface area contributed by atoms with E-state index < -0.39 is 36.1 Å². The Hall–Kier alpha value is -1.85. The fourth-order valence-electron chi connectivity index (χ4n) is 2.90. The predicted octanol–water partition coefficient (Wildman–Crippen LogP) is 2.75. The summed E-state index contributed by atoms with van der Waals surface area (Å²) >= 11 is 0. The Balaban J connectivity index is 2.09. The highest BCUT2D eigenvalue weighted by Gasteiger charge is 2.43. The lowest BCUT2D eigenvalue weighted by molar-refractivity contribution is -0.155. The quantitative estimate of drug-likeness (QED) is 0.850. The third kappa shape index (κ3) is 4.08. The monoisotopic (exact) mass is 313 g/mol. The molecule has 1 aromatic carbocycles. The van der Waals surface area contributed by atoms with Gasteiger partial charge < -0.3 is 5.32 Å². The lowest BCUT2D eigenvalue weighted by Crippen LogP contribution is -2.34. The highest BCUT2D eigenvalue weighted by Crippen LogP contribution is 2.31. The maximum atomic E-state index is 12.4. The van der Waals surface area contributed by atoms with Crippen LogP contribution in [0.3, 0.4) is 0 Å². The molecule has 3 atom stereocenters. The molecule has 3 nitrogen and oxygen atoms in total. The normalized spacial score (nSPS) is 23.2. The summed E-state index contributed by atoms with van der Waals surface area (Å²) in [6, 6.07) is 9.31. The average molecular weight is 313 g/mol. The first-order chi connectivity index (χ1) is 10.3. The van der Waals surface area contributed by atoms with Crippen molar-refractivity contribution in [2.45, 2.75) is 25.9 Å². The summed E-state index contributed by atoms with van der Waals surface area (Å²) in [5.41, 5.74) is 0.963. The van der Waals surface area contributed by atoms with Crippen LogP contribution in [0.15, 0.2) is 30.3 Å². The van der Waals surface area contributed by atoms with Crippen LogP contribution >= 0.6 is 0 Å². The number of Topliss-reactive ketones (excluding diaryl/α,β-unsaturated/α-hetero) is 1. The van der Waals surface area contributed by atoms with Gasteiger partial charge in [-0.25, -0.2) is 0 Å². The van der Waals surface area contributed by atoms with Gasteiger partial charge in [0.15, 0.2) is 0 Å².